The van der Waals surface area contributed by atoms with Crippen LogP contribution in [0.1, 0.15) is 20.8 Å². The molecule has 2 rings (SSSR count). The predicted octanol–water partition coefficient (Wildman–Crippen LogP) is 1.67. The van der Waals surface area contributed by atoms with Gasteiger partial charge in [0.25, 0.3) is 0 Å². The zero-order valence-corrected chi connectivity index (χ0v) is 10.8. The SMILES string of the molecule is CC1CN(c2ncccc2OC(C)C)CCN1. The van der Waals surface area contributed by atoms with Crippen LogP contribution in [0.2, 0.25) is 0 Å². The van der Waals surface area contributed by atoms with Crippen LogP contribution in [0.15, 0.2) is 18.3 Å². The molecule has 0 amide bonds. The first kappa shape index (κ1) is 12.2. The molecule has 1 aliphatic rings. The van der Waals surface area contributed by atoms with Crippen molar-refractivity contribution < 1.29 is 4.74 Å². The average molecular weight is 235 g/mol. The number of hydrogen-bond donors (Lipinski definition) is 1. The third-order valence-corrected chi connectivity index (χ3v) is 2.78. The van der Waals surface area contributed by atoms with Crippen LogP contribution in [0.25, 0.3) is 0 Å². The molecule has 94 valence electrons. The molecule has 17 heavy (non-hydrogen) atoms. The number of ether oxygens (including phenoxy) is 1. The van der Waals surface area contributed by atoms with Gasteiger partial charge in [-0.3, -0.25) is 0 Å². The van der Waals surface area contributed by atoms with E-state index in [1.165, 1.54) is 0 Å². The zero-order chi connectivity index (χ0) is 12.3. The Morgan fingerprint density at radius 1 is 1.53 bits per heavy atom. The molecule has 0 radical (unpaired) electrons. The van der Waals surface area contributed by atoms with Gasteiger partial charge in [-0.1, -0.05) is 0 Å². The Morgan fingerprint density at radius 3 is 3.06 bits per heavy atom. The van der Waals surface area contributed by atoms with Gasteiger partial charge in [0.2, 0.25) is 0 Å². The fourth-order valence-corrected chi connectivity index (χ4v) is 2.09. The number of nitrogens with zero attached hydrogens (tertiary/aromatic N) is 2. The van der Waals surface area contributed by atoms with Gasteiger partial charge in [-0.05, 0) is 32.9 Å². The van der Waals surface area contributed by atoms with Crippen LogP contribution < -0.4 is 15.0 Å². The highest BCUT2D eigenvalue weighted by atomic mass is 16.5. The van der Waals surface area contributed by atoms with Gasteiger partial charge >= 0.3 is 0 Å². The number of pyridine rings is 1. The van der Waals surface area contributed by atoms with E-state index in [0.717, 1.165) is 31.2 Å². The van der Waals surface area contributed by atoms with Crippen molar-refractivity contribution >= 4 is 5.82 Å². The van der Waals surface area contributed by atoms with Gasteiger partial charge in [-0.25, -0.2) is 4.98 Å². The van der Waals surface area contributed by atoms with Gasteiger partial charge in [0.05, 0.1) is 6.10 Å². The minimum Gasteiger partial charge on any atom is -0.487 e. The molecule has 0 bridgehead atoms. The van der Waals surface area contributed by atoms with Gasteiger partial charge in [0.1, 0.15) is 0 Å². The second-order valence-corrected chi connectivity index (χ2v) is 4.79. The maximum Gasteiger partial charge on any atom is 0.171 e. The van der Waals surface area contributed by atoms with E-state index < -0.39 is 0 Å². The second-order valence-electron chi connectivity index (χ2n) is 4.79. The highest BCUT2D eigenvalue weighted by molar-refractivity contribution is 5.52. The largest absolute Gasteiger partial charge is 0.487 e. The van der Waals surface area contributed by atoms with Crippen LogP contribution in [0, 0.1) is 0 Å². The monoisotopic (exact) mass is 235 g/mol. The van der Waals surface area contributed by atoms with E-state index in [1.54, 1.807) is 0 Å². The maximum absolute atomic E-state index is 5.81. The Balaban J connectivity index is 2.18. The van der Waals surface area contributed by atoms with Crippen LogP contribution in [0.5, 0.6) is 5.75 Å². The normalized spacial score (nSPS) is 20.7. The second kappa shape index (κ2) is 5.36. The van der Waals surface area contributed by atoms with Crippen molar-refractivity contribution in [3.63, 3.8) is 0 Å². The molecule has 0 aromatic carbocycles. The number of hydrogen-bond acceptors (Lipinski definition) is 4. The Kier molecular flexibility index (Phi) is 3.84. The van der Waals surface area contributed by atoms with Crippen molar-refractivity contribution in [2.24, 2.45) is 0 Å². The van der Waals surface area contributed by atoms with Crippen molar-refractivity contribution in [3.05, 3.63) is 18.3 Å². The lowest BCUT2D eigenvalue weighted by Crippen LogP contribution is -2.49. The molecule has 1 aliphatic heterocycles. The third-order valence-electron chi connectivity index (χ3n) is 2.78. The van der Waals surface area contributed by atoms with Gasteiger partial charge in [0, 0.05) is 31.9 Å². The van der Waals surface area contributed by atoms with Crippen molar-refractivity contribution in [2.45, 2.75) is 32.9 Å². The zero-order valence-electron chi connectivity index (χ0n) is 10.8. The van der Waals surface area contributed by atoms with E-state index in [2.05, 4.69) is 22.1 Å². The predicted molar refractivity (Wildman–Crippen MR) is 69.7 cm³/mol. The summed E-state index contributed by atoms with van der Waals surface area (Å²) in [5.74, 6) is 1.85. The van der Waals surface area contributed by atoms with E-state index in [4.69, 9.17) is 4.74 Å². The first-order valence-electron chi connectivity index (χ1n) is 6.27. The molecule has 0 aliphatic carbocycles. The van der Waals surface area contributed by atoms with E-state index >= 15 is 0 Å². The summed E-state index contributed by atoms with van der Waals surface area (Å²) in [4.78, 5) is 6.75. The molecule has 4 heteroatoms. The van der Waals surface area contributed by atoms with Gasteiger partial charge in [-0.2, -0.15) is 0 Å². The number of nitrogens with one attached hydrogen (secondary N) is 1. The molecule has 4 nitrogen and oxygen atoms in total. The van der Waals surface area contributed by atoms with Crippen molar-refractivity contribution in [3.8, 4) is 5.75 Å². The highest BCUT2D eigenvalue weighted by Crippen LogP contribution is 2.26. The Morgan fingerprint density at radius 2 is 2.35 bits per heavy atom. The standard InChI is InChI=1S/C13H21N3O/c1-10(2)17-12-5-4-6-15-13(12)16-8-7-14-11(3)9-16/h4-6,10-11,14H,7-9H2,1-3H3. The Bertz CT molecular complexity index is 367. The summed E-state index contributed by atoms with van der Waals surface area (Å²) in [5.41, 5.74) is 0. The fourth-order valence-electron chi connectivity index (χ4n) is 2.09. The molecule has 1 saturated heterocycles. The van der Waals surface area contributed by atoms with Crippen LogP contribution in [-0.4, -0.2) is 36.8 Å². The van der Waals surface area contributed by atoms with E-state index in [-0.39, 0.29) is 6.10 Å². The number of rotatable bonds is 3. The summed E-state index contributed by atoms with van der Waals surface area (Å²) >= 11 is 0. The van der Waals surface area contributed by atoms with E-state index in [0.29, 0.717) is 6.04 Å². The highest BCUT2D eigenvalue weighted by Gasteiger charge is 2.20. The quantitative estimate of drug-likeness (QED) is 0.864. The summed E-state index contributed by atoms with van der Waals surface area (Å²) < 4.78 is 5.81. The third kappa shape index (κ3) is 3.09. The summed E-state index contributed by atoms with van der Waals surface area (Å²) in [6.45, 7) is 9.23. The first-order chi connectivity index (χ1) is 8.16. The molecule has 1 aromatic rings. The van der Waals surface area contributed by atoms with Crippen LogP contribution >= 0.6 is 0 Å². The lowest BCUT2D eigenvalue weighted by molar-refractivity contribution is 0.241. The van der Waals surface area contributed by atoms with Crippen LogP contribution in [-0.2, 0) is 0 Å². The smallest absolute Gasteiger partial charge is 0.171 e. The van der Waals surface area contributed by atoms with Crippen molar-refractivity contribution in [1.82, 2.24) is 10.3 Å². The summed E-state index contributed by atoms with van der Waals surface area (Å²) in [5, 5.41) is 3.43. The van der Waals surface area contributed by atoms with Crippen molar-refractivity contribution in [1.29, 1.82) is 0 Å². The minimum atomic E-state index is 0.179. The summed E-state index contributed by atoms with van der Waals surface area (Å²) in [6.07, 6.45) is 2.01. The van der Waals surface area contributed by atoms with Crippen molar-refractivity contribution in [2.75, 3.05) is 24.5 Å². The minimum absolute atomic E-state index is 0.179. The average Bonchev–Trinajstić information content (AvgIpc) is 2.29. The Labute approximate surface area is 103 Å². The molecule has 1 fully saturated rings. The molecule has 2 heterocycles. The molecule has 1 atom stereocenters. The first-order valence-corrected chi connectivity index (χ1v) is 6.27. The molecule has 1 aromatic heterocycles. The van der Waals surface area contributed by atoms with Crippen LogP contribution in [0.4, 0.5) is 5.82 Å². The molecular formula is C13H21N3O. The van der Waals surface area contributed by atoms with Gasteiger partial charge < -0.3 is 15.0 Å². The topological polar surface area (TPSA) is 37.4 Å². The fraction of sp³-hybridized carbons (Fsp3) is 0.615. The molecular weight excluding hydrogens is 214 g/mol. The number of piperazine rings is 1. The lowest BCUT2D eigenvalue weighted by Gasteiger charge is -2.33. The molecule has 0 spiro atoms. The number of anilines is 1. The van der Waals surface area contributed by atoms with Crippen LogP contribution in [0.3, 0.4) is 0 Å². The summed E-state index contributed by atoms with van der Waals surface area (Å²) in [7, 11) is 0. The molecule has 1 N–H and O–H groups in total. The van der Waals surface area contributed by atoms with Gasteiger partial charge in [-0.15, -0.1) is 0 Å². The van der Waals surface area contributed by atoms with E-state index in [1.807, 2.05) is 32.2 Å². The molecule has 0 saturated carbocycles. The Hall–Kier alpha value is -1.29. The van der Waals surface area contributed by atoms with E-state index in [9.17, 15) is 0 Å². The maximum atomic E-state index is 5.81. The molecule has 1 unspecified atom stereocenters. The summed E-state index contributed by atoms with van der Waals surface area (Å²) in [6, 6.07) is 4.42. The number of aromatic nitrogens is 1. The van der Waals surface area contributed by atoms with Gasteiger partial charge in [0.15, 0.2) is 11.6 Å². The lowest BCUT2D eigenvalue weighted by atomic mass is 10.2.